The molecule has 0 heterocycles. The molecular weight excluding hydrogens is 252 g/mol. The lowest BCUT2D eigenvalue weighted by molar-refractivity contribution is 0.248. The molecule has 0 aliphatic rings. The average Bonchev–Trinajstić information content (AvgIpc) is 2.48. The second-order valence-electron chi connectivity index (χ2n) is 4.07. The van der Waals surface area contributed by atoms with Gasteiger partial charge in [-0.15, -0.1) is 0 Å². The normalized spacial score (nSPS) is 9.25. The molecule has 0 aliphatic carbocycles. The summed E-state index contributed by atoms with van der Waals surface area (Å²) in [6.07, 6.45) is 0. The maximum Gasteiger partial charge on any atom is 0.312 e. The standard InChI is InChI=1S/C8H10N2O.C7H10N2/c9-8(11)10-6-7-4-2-1-3-5-7;8-9-6-7-4-2-1-3-5-7/h1-5H,6H2,(H3,9,10,11);1-5,9H,6,8H2. The number of benzene rings is 2. The van der Waals surface area contributed by atoms with E-state index in [0.717, 1.165) is 12.1 Å². The van der Waals surface area contributed by atoms with Gasteiger partial charge in [0.25, 0.3) is 0 Å². The molecule has 2 rings (SSSR count). The van der Waals surface area contributed by atoms with Crippen LogP contribution in [0.2, 0.25) is 0 Å². The lowest BCUT2D eigenvalue weighted by Gasteiger charge is -1.99. The van der Waals surface area contributed by atoms with Crippen LogP contribution in [-0.2, 0) is 13.1 Å². The van der Waals surface area contributed by atoms with Gasteiger partial charge in [0.1, 0.15) is 0 Å². The molecule has 0 bridgehead atoms. The maximum atomic E-state index is 10.3. The van der Waals surface area contributed by atoms with Crippen molar-refractivity contribution >= 4 is 6.03 Å². The zero-order valence-electron chi connectivity index (χ0n) is 11.3. The molecule has 2 amide bonds. The minimum atomic E-state index is -0.492. The summed E-state index contributed by atoms with van der Waals surface area (Å²) in [6, 6.07) is 19.1. The van der Waals surface area contributed by atoms with Gasteiger partial charge in [0.15, 0.2) is 0 Å². The van der Waals surface area contributed by atoms with Crippen LogP contribution in [0.4, 0.5) is 4.79 Å². The highest BCUT2D eigenvalue weighted by molar-refractivity contribution is 5.71. The van der Waals surface area contributed by atoms with E-state index in [1.807, 2.05) is 60.7 Å². The summed E-state index contributed by atoms with van der Waals surface area (Å²) >= 11 is 0. The van der Waals surface area contributed by atoms with Gasteiger partial charge in [-0.1, -0.05) is 60.7 Å². The van der Waals surface area contributed by atoms with Crippen LogP contribution in [0.1, 0.15) is 11.1 Å². The number of amides is 2. The number of urea groups is 1. The Hall–Kier alpha value is -2.37. The zero-order chi connectivity index (χ0) is 14.6. The third-order valence-electron chi connectivity index (χ3n) is 2.46. The van der Waals surface area contributed by atoms with E-state index in [-0.39, 0.29) is 0 Å². The van der Waals surface area contributed by atoms with Gasteiger partial charge in [-0.2, -0.15) is 0 Å². The Morgan fingerprint density at radius 2 is 1.30 bits per heavy atom. The minimum absolute atomic E-state index is 0.492. The van der Waals surface area contributed by atoms with Gasteiger partial charge in [-0.3, -0.25) is 11.3 Å². The molecule has 0 spiro atoms. The third kappa shape index (κ3) is 7.15. The van der Waals surface area contributed by atoms with Gasteiger partial charge in [0.2, 0.25) is 0 Å². The van der Waals surface area contributed by atoms with Crippen molar-refractivity contribution in [1.82, 2.24) is 10.7 Å². The van der Waals surface area contributed by atoms with Crippen LogP contribution in [0.25, 0.3) is 0 Å². The molecule has 0 aliphatic heterocycles. The smallest absolute Gasteiger partial charge is 0.312 e. The third-order valence-corrected chi connectivity index (χ3v) is 2.46. The van der Waals surface area contributed by atoms with Gasteiger partial charge in [0.05, 0.1) is 0 Å². The number of hydrogen-bond acceptors (Lipinski definition) is 3. The predicted molar refractivity (Wildman–Crippen MR) is 80.3 cm³/mol. The van der Waals surface area contributed by atoms with E-state index in [1.54, 1.807) is 0 Å². The summed E-state index contributed by atoms with van der Waals surface area (Å²) in [5.41, 5.74) is 9.73. The zero-order valence-corrected chi connectivity index (χ0v) is 11.3. The van der Waals surface area contributed by atoms with Crippen LogP contribution in [0, 0.1) is 0 Å². The Labute approximate surface area is 119 Å². The fourth-order valence-electron chi connectivity index (χ4n) is 1.50. The topological polar surface area (TPSA) is 93.2 Å². The van der Waals surface area contributed by atoms with Crippen molar-refractivity contribution in [2.24, 2.45) is 11.6 Å². The molecule has 0 saturated heterocycles. The highest BCUT2D eigenvalue weighted by atomic mass is 16.2. The Morgan fingerprint density at radius 3 is 1.70 bits per heavy atom. The van der Waals surface area contributed by atoms with Gasteiger partial charge >= 0.3 is 6.03 Å². The minimum Gasteiger partial charge on any atom is -0.352 e. The molecule has 6 N–H and O–H groups in total. The quantitative estimate of drug-likeness (QED) is 0.502. The summed E-state index contributed by atoms with van der Waals surface area (Å²) in [5, 5.41) is 2.50. The fraction of sp³-hybridized carbons (Fsp3) is 0.133. The average molecular weight is 272 g/mol. The monoisotopic (exact) mass is 272 g/mol. The molecule has 2 aromatic rings. The number of hydrogen-bond donors (Lipinski definition) is 4. The number of carbonyl (C=O) groups is 1. The van der Waals surface area contributed by atoms with Crippen molar-refractivity contribution in [3.05, 3.63) is 71.8 Å². The van der Waals surface area contributed by atoms with Crippen LogP contribution < -0.4 is 22.3 Å². The van der Waals surface area contributed by atoms with Crippen molar-refractivity contribution in [2.75, 3.05) is 0 Å². The van der Waals surface area contributed by atoms with Crippen molar-refractivity contribution < 1.29 is 4.79 Å². The molecule has 0 unspecified atom stereocenters. The number of primary amides is 1. The van der Waals surface area contributed by atoms with Gasteiger partial charge in [-0.05, 0) is 11.1 Å². The van der Waals surface area contributed by atoms with Crippen LogP contribution in [0.5, 0.6) is 0 Å². The largest absolute Gasteiger partial charge is 0.352 e. The Balaban J connectivity index is 0.000000204. The maximum absolute atomic E-state index is 10.3. The van der Waals surface area contributed by atoms with E-state index in [1.165, 1.54) is 5.56 Å². The summed E-state index contributed by atoms with van der Waals surface area (Å²) in [6.45, 7) is 1.23. The van der Waals surface area contributed by atoms with E-state index in [9.17, 15) is 4.79 Å². The molecule has 0 fully saturated rings. The molecular formula is C15H20N4O. The number of carbonyl (C=O) groups excluding carboxylic acids is 1. The molecule has 106 valence electrons. The summed E-state index contributed by atoms with van der Waals surface area (Å²) in [5.74, 6) is 5.11. The second-order valence-corrected chi connectivity index (χ2v) is 4.07. The molecule has 5 nitrogen and oxygen atoms in total. The van der Waals surface area contributed by atoms with Crippen molar-refractivity contribution in [1.29, 1.82) is 0 Å². The van der Waals surface area contributed by atoms with Gasteiger partial charge in [-0.25, -0.2) is 4.79 Å². The van der Waals surface area contributed by atoms with Gasteiger partial charge < -0.3 is 11.1 Å². The first-order valence-corrected chi connectivity index (χ1v) is 6.27. The van der Waals surface area contributed by atoms with Crippen LogP contribution >= 0.6 is 0 Å². The van der Waals surface area contributed by atoms with E-state index in [0.29, 0.717) is 6.54 Å². The molecule has 0 atom stereocenters. The lowest BCUT2D eigenvalue weighted by Crippen LogP contribution is -2.28. The Morgan fingerprint density at radius 1 is 0.850 bits per heavy atom. The van der Waals surface area contributed by atoms with Crippen LogP contribution in [-0.4, -0.2) is 6.03 Å². The molecule has 2 aromatic carbocycles. The second kappa shape index (κ2) is 9.55. The number of hydrazine groups is 1. The molecule has 0 saturated carbocycles. The predicted octanol–water partition coefficient (Wildman–Crippen LogP) is 1.50. The van der Waals surface area contributed by atoms with Crippen molar-refractivity contribution in [3.63, 3.8) is 0 Å². The first kappa shape index (κ1) is 15.7. The number of rotatable bonds is 4. The first-order valence-electron chi connectivity index (χ1n) is 6.27. The molecule has 0 radical (unpaired) electrons. The number of nitrogens with one attached hydrogen (secondary N) is 2. The van der Waals surface area contributed by atoms with Crippen molar-refractivity contribution in [2.45, 2.75) is 13.1 Å². The Kier molecular flexibility index (Phi) is 7.49. The van der Waals surface area contributed by atoms with Crippen molar-refractivity contribution in [3.8, 4) is 0 Å². The lowest BCUT2D eigenvalue weighted by atomic mass is 10.2. The molecule has 20 heavy (non-hydrogen) atoms. The first-order chi connectivity index (χ1) is 9.72. The van der Waals surface area contributed by atoms with E-state index in [2.05, 4.69) is 10.7 Å². The highest BCUT2D eigenvalue weighted by Gasteiger charge is 1.91. The summed E-state index contributed by atoms with van der Waals surface area (Å²) in [4.78, 5) is 10.3. The van der Waals surface area contributed by atoms with E-state index < -0.39 is 6.03 Å². The highest BCUT2D eigenvalue weighted by Crippen LogP contribution is 1.96. The van der Waals surface area contributed by atoms with E-state index >= 15 is 0 Å². The van der Waals surface area contributed by atoms with Gasteiger partial charge in [0, 0.05) is 13.1 Å². The summed E-state index contributed by atoms with van der Waals surface area (Å²) < 4.78 is 0. The SMILES string of the molecule is NC(=O)NCc1ccccc1.NNCc1ccccc1. The molecule has 5 heteroatoms. The fourth-order valence-corrected chi connectivity index (χ4v) is 1.50. The van der Waals surface area contributed by atoms with Crippen LogP contribution in [0.15, 0.2) is 60.7 Å². The van der Waals surface area contributed by atoms with Crippen LogP contribution in [0.3, 0.4) is 0 Å². The van der Waals surface area contributed by atoms with E-state index in [4.69, 9.17) is 11.6 Å². The number of nitrogens with two attached hydrogens (primary N) is 2. The molecule has 0 aromatic heterocycles. The summed E-state index contributed by atoms with van der Waals surface area (Å²) in [7, 11) is 0. The Bertz CT molecular complexity index is 488.